The molecular formula is C21H25F3N4O. The third-order valence-electron chi connectivity index (χ3n) is 5.16. The van der Waals surface area contributed by atoms with Crippen LogP contribution in [0.1, 0.15) is 39.3 Å². The highest BCUT2D eigenvalue weighted by Crippen LogP contribution is 2.32. The second kappa shape index (κ2) is 8.41. The number of benzene rings is 1. The first-order valence-electron chi connectivity index (χ1n) is 9.52. The summed E-state index contributed by atoms with van der Waals surface area (Å²) in [6, 6.07) is 5.57. The van der Waals surface area contributed by atoms with Crippen LogP contribution in [0.2, 0.25) is 0 Å². The zero-order chi connectivity index (χ0) is 21.2. The Labute approximate surface area is 168 Å². The quantitative estimate of drug-likeness (QED) is 0.748. The van der Waals surface area contributed by atoms with Crippen LogP contribution in [0.25, 0.3) is 0 Å². The van der Waals surface area contributed by atoms with Gasteiger partial charge in [0.25, 0.3) is 5.91 Å². The number of rotatable bonds is 6. The molecule has 1 N–H and O–H groups in total. The summed E-state index contributed by atoms with van der Waals surface area (Å²) in [4.78, 5) is 14.0. The van der Waals surface area contributed by atoms with E-state index >= 15 is 0 Å². The Hall–Kier alpha value is -2.61. The van der Waals surface area contributed by atoms with Gasteiger partial charge in [-0.1, -0.05) is 24.3 Å². The van der Waals surface area contributed by atoms with Crippen LogP contribution in [0.3, 0.4) is 0 Å². The van der Waals surface area contributed by atoms with Gasteiger partial charge in [-0.15, -0.1) is 6.58 Å². The minimum atomic E-state index is -4.38. The molecule has 1 heterocycles. The number of hydrogen-bond donors (Lipinski definition) is 1. The largest absolute Gasteiger partial charge is 0.416 e. The normalized spacial score (nSPS) is 16.4. The van der Waals surface area contributed by atoms with E-state index in [4.69, 9.17) is 0 Å². The molecule has 0 spiro atoms. The van der Waals surface area contributed by atoms with Gasteiger partial charge in [-0.2, -0.15) is 18.3 Å². The molecular weight excluding hydrogens is 381 g/mol. The van der Waals surface area contributed by atoms with E-state index in [9.17, 15) is 18.0 Å². The second-order valence-corrected chi connectivity index (χ2v) is 7.42. The molecule has 1 atom stereocenters. The summed E-state index contributed by atoms with van der Waals surface area (Å²) < 4.78 is 41.4. The fourth-order valence-electron chi connectivity index (χ4n) is 3.72. The van der Waals surface area contributed by atoms with E-state index in [-0.39, 0.29) is 24.1 Å². The van der Waals surface area contributed by atoms with Crippen LogP contribution in [-0.2, 0) is 32.1 Å². The smallest absolute Gasteiger partial charge is 0.343 e. The van der Waals surface area contributed by atoms with E-state index in [0.717, 1.165) is 23.7 Å². The number of allylic oxidation sites excluding steroid dienone is 1. The van der Waals surface area contributed by atoms with Gasteiger partial charge >= 0.3 is 6.18 Å². The fraction of sp³-hybridized carbons (Fsp3) is 0.429. The Bertz CT molecular complexity index is 902. The van der Waals surface area contributed by atoms with Crippen LogP contribution < -0.4 is 5.32 Å². The molecule has 156 valence electrons. The molecule has 8 heteroatoms. The van der Waals surface area contributed by atoms with Crippen LogP contribution >= 0.6 is 0 Å². The predicted molar refractivity (Wildman–Crippen MR) is 105 cm³/mol. The molecule has 0 fully saturated rings. The van der Waals surface area contributed by atoms with Crippen molar-refractivity contribution in [2.75, 3.05) is 14.1 Å². The Morgan fingerprint density at radius 1 is 1.38 bits per heavy atom. The SMILES string of the molecule is C=CCn1nc(C(=O)N(C)C)c2c1CCC(NCc1ccccc1C(F)(F)F)C2. The number of nitrogens with zero attached hydrogens (tertiary/aromatic N) is 3. The molecule has 3 rings (SSSR count). The molecule has 29 heavy (non-hydrogen) atoms. The Morgan fingerprint density at radius 2 is 2.10 bits per heavy atom. The lowest BCUT2D eigenvalue weighted by Gasteiger charge is -2.25. The predicted octanol–water partition coefficient (Wildman–Crippen LogP) is 3.44. The zero-order valence-corrected chi connectivity index (χ0v) is 16.6. The van der Waals surface area contributed by atoms with Gasteiger partial charge in [0.1, 0.15) is 0 Å². The molecule has 1 aliphatic rings. The van der Waals surface area contributed by atoms with Crippen LogP contribution in [-0.4, -0.2) is 40.7 Å². The molecule has 0 radical (unpaired) electrons. The summed E-state index contributed by atoms with van der Waals surface area (Å²) in [6.45, 7) is 4.37. The first kappa shape index (κ1) is 21.1. The number of alkyl halides is 3. The minimum absolute atomic E-state index is 0.0288. The van der Waals surface area contributed by atoms with Crippen molar-refractivity contribution < 1.29 is 18.0 Å². The molecule has 5 nitrogen and oxygen atoms in total. The second-order valence-electron chi connectivity index (χ2n) is 7.42. The number of hydrogen-bond acceptors (Lipinski definition) is 3. The Balaban J connectivity index is 1.79. The van der Waals surface area contributed by atoms with Gasteiger partial charge in [0.15, 0.2) is 5.69 Å². The third-order valence-corrected chi connectivity index (χ3v) is 5.16. The van der Waals surface area contributed by atoms with Crippen molar-refractivity contribution in [2.24, 2.45) is 0 Å². The summed E-state index contributed by atoms with van der Waals surface area (Å²) in [7, 11) is 3.35. The third kappa shape index (κ3) is 4.53. The maximum Gasteiger partial charge on any atom is 0.416 e. The van der Waals surface area contributed by atoms with Crippen LogP contribution in [0.4, 0.5) is 13.2 Å². The molecule has 0 saturated heterocycles. The summed E-state index contributed by atoms with van der Waals surface area (Å²) in [6.07, 6.45) is -0.630. The maximum absolute atomic E-state index is 13.2. The van der Waals surface area contributed by atoms with Gasteiger partial charge in [-0.3, -0.25) is 9.48 Å². The van der Waals surface area contributed by atoms with E-state index in [1.54, 1.807) is 30.9 Å². The molecule has 0 saturated carbocycles. The van der Waals surface area contributed by atoms with Gasteiger partial charge in [0.2, 0.25) is 0 Å². The van der Waals surface area contributed by atoms with Gasteiger partial charge in [-0.25, -0.2) is 0 Å². The molecule has 1 unspecified atom stereocenters. The van der Waals surface area contributed by atoms with Gasteiger partial charge in [0, 0.05) is 37.9 Å². The highest BCUT2D eigenvalue weighted by atomic mass is 19.4. The average molecular weight is 406 g/mol. The van der Waals surface area contributed by atoms with E-state index < -0.39 is 11.7 Å². The number of nitrogens with one attached hydrogen (secondary N) is 1. The van der Waals surface area contributed by atoms with Crippen LogP contribution in [0.15, 0.2) is 36.9 Å². The summed E-state index contributed by atoms with van der Waals surface area (Å²) in [5.41, 5.74) is 1.89. The van der Waals surface area contributed by atoms with Crippen molar-refractivity contribution in [3.8, 4) is 0 Å². The molecule has 0 bridgehead atoms. The lowest BCUT2D eigenvalue weighted by atomic mass is 9.90. The summed E-state index contributed by atoms with van der Waals surface area (Å²) >= 11 is 0. The topological polar surface area (TPSA) is 50.2 Å². The highest BCUT2D eigenvalue weighted by molar-refractivity contribution is 5.93. The monoisotopic (exact) mass is 406 g/mol. The van der Waals surface area contributed by atoms with Gasteiger partial charge in [0.05, 0.1) is 12.1 Å². The van der Waals surface area contributed by atoms with Crippen LogP contribution in [0, 0.1) is 0 Å². The standard InChI is InChI=1S/C21H25F3N4O/c1-4-11-28-18-10-9-15(12-16(18)19(26-28)20(29)27(2)3)25-13-14-7-5-6-8-17(14)21(22,23)24/h4-8,15,25H,1,9-13H2,2-3H3. The van der Waals surface area contributed by atoms with Gasteiger partial charge in [-0.05, 0) is 30.9 Å². The van der Waals surface area contributed by atoms with Crippen molar-refractivity contribution in [1.82, 2.24) is 20.0 Å². The van der Waals surface area contributed by atoms with Crippen LogP contribution in [0.5, 0.6) is 0 Å². The number of carbonyl (C=O) groups is 1. The zero-order valence-electron chi connectivity index (χ0n) is 16.6. The first-order valence-corrected chi connectivity index (χ1v) is 9.52. The Kier molecular flexibility index (Phi) is 6.12. The van der Waals surface area contributed by atoms with E-state index in [1.807, 2.05) is 0 Å². The number of amides is 1. The Morgan fingerprint density at radius 3 is 2.76 bits per heavy atom. The molecule has 1 aromatic heterocycles. The van der Waals surface area contributed by atoms with E-state index in [0.29, 0.717) is 25.1 Å². The molecule has 0 aliphatic heterocycles. The maximum atomic E-state index is 13.2. The average Bonchev–Trinajstić information content (AvgIpc) is 3.03. The first-order chi connectivity index (χ1) is 13.7. The van der Waals surface area contributed by atoms with E-state index in [2.05, 4.69) is 17.0 Å². The van der Waals surface area contributed by atoms with Crippen molar-refractivity contribution in [3.63, 3.8) is 0 Å². The highest BCUT2D eigenvalue weighted by Gasteiger charge is 2.33. The molecule has 1 aromatic carbocycles. The number of halogens is 3. The fourth-order valence-corrected chi connectivity index (χ4v) is 3.72. The lowest BCUT2D eigenvalue weighted by Crippen LogP contribution is -2.35. The molecule has 1 aliphatic carbocycles. The van der Waals surface area contributed by atoms with Crippen molar-refractivity contribution in [1.29, 1.82) is 0 Å². The van der Waals surface area contributed by atoms with Crippen molar-refractivity contribution >= 4 is 5.91 Å². The van der Waals surface area contributed by atoms with Crippen molar-refractivity contribution in [3.05, 3.63) is 65.0 Å². The molecule has 2 aromatic rings. The lowest BCUT2D eigenvalue weighted by molar-refractivity contribution is -0.138. The number of carbonyl (C=O) groups excluding carboxylic acids is 1. The minimum Gasteiger partial charge on any atom is -0.343 e. The van der Waals surface area contributed by atoms with Gasteiger partial charge < -0.3 is 10.2 Å². The number of aromatic nitrogens is 2. The summed E-state index contributed by atoms with van der Waals surface area (Å²) in [5.74, 6) is -0.174. The molecule has 1 amide bonds. The summed E-state index contributed by atoms with van der Waals surface area (Å²) in [5, 5.41) is 7.73. The number of fused-ring (bicyclic) bond motifs is 1. The van der Waals surface area contributed by atoms with Crippen molar-refractivity contribution in [2.45, 2.75) is 44.6 Å². The van der Waals surface area contributed by atoms with E-state index in [1.165, 1.54) is 17.0 Å².